The number of ether oxygens (including phenoxy) is 1. The lowest BCUT2D eigenvalue weighted by Gasteiger charge is -2.35. The molecule has 2 rings (SSSR count). The fourth-order valence-corrected chi connectivity index (χ4v) is 4.48. The molecule has 0 bridgehead atoms. The zero-order valence-corrected chi connectivity index (χ0v) is 14.7. The zero-order chi connectivity index (χ0) is 15.6. The van der Waals surface area contributed by atoms with E-state index in [1.54, 1.807) is 0 Å². The van der Waals surface area contributed by atoms with Crippen molar-refractivity contribution in [1.29, 1.82) is 0 Å². The van der Waals surface area contributed by atoms with Crippen LogP contribution < -0.4 is 0 Å². The van der Waals surface area contributed by atoms with Crippen molar-refractivity contribution in [2.24, 2.45) is 17.8 Å². The maximum atomic E-state index is 11.9. The van der Waals surface area contributed by atoms with Crippen LogP contribution in [0.4, 0.5) is 0 Å². The number of carbonyl (C=O) groups excluding carboxylic acids is 1. The van der Waals surface area contributed by atoms with E-state index < -0.39 is 0 Å². The molecule has 0 saturated heterocycles. The van der Waals surface area contributed by atoms with Gasteiger partial charge in [-0.1, -0.05) is 58.3 Å². The lowest BCUT2D eigenvalue weighted by atomic mass is 9.70. The molecule has 128 valence electrons. The first kappa shape index (κ1) is 17.8. The maximum Gasteiger partial charge on any atom is 0.306 e. The molecule has 2 nitrogen and oxygen atoms in total. The van der Waals surface area contributed by atoms with E-state index in [9.17, 15) is 4.79 Å². The van der Waals surface area contributed by atoms with E-state index in [4.69, 9.17) is 4.74 Å². The zero-order valence-electron chi connectivity index (χ0n) is 14.7. The highest BCUT2D eigenvalue weighted by Gasteiger charge is 2.29. The predicted octanol–water partition coefficient (Wildman–Crippen LogP) is 5.89. The van der Waals surface area contributed by atoms with Gasteiger partial charge in [0.25, 0.3) is 0 Å². The van der Waals surface area contributed by atoms with Crippen LogP contribution in [0.2, 0.25) is 0 Å². The van der Waals surface area contributed by atoms with Gasteiger partial charge in [0, 0.05) is 6.42 Å². The third-order valence-corrected chi connectivity index (χ3v) is 5.92. The summed E-state index contributed by atoms with van der Waals surface area (Å²) < 4.78 is 5.40. The van der Waals surface area contributed by atoms with Gasteiger partial charge in [-0.05, 0) is 49.9 Å². The van der Waals surface area contributed by atoms with Gasteiger partial charge in [-0.15, -0.1) is 0 Å². The Labute approximate surface area is 137 Å². The number of rotatable bonds is 8. The molecule has 2 aliphatic carbocycles. The largest absolute Gasteiger partial charge is 0.466 e. The molecular formula is C20H36O2. The van der Waals surface area contributed by atoms with Gasteiger partial charge in [0.1, 0.15) is 0 Å². The second-order valence-corrected chi connectivity index (χ2v) is 7.66. The van der Waals surface area contributed by atoms with Gasteiger partial charge in [-0.2, -0.15) is 0 Å². The molecule has 0 spiro atoms. The minimum absolute atomic E-state index is 0.0533. The molecule has 22 heavy (non-hydrogen) atoms. The van der Waals surface area contributed by atoms with Crippen LogP contribution in [-0.4, -0.2) is 12.6 Å². The Morgan fingerprint density at radius 2 is 1.55 bits per heavy atom. The van der Waals surface area contributed by atoms with Crippen molar-refractivity contribution in [3.63, 3.8) is 0 Å². The van der Waals surface area contributed by atoms with Crippen LogP contribution >= 0.6 is 0 Å². The monoisotopic (exact) mass is 308 g/mol. The van der Waals surface area contributed by atoms with Gasteiger partial charge in [-0.3, -0.25) is 4.79 Å². The lowest BCUT2D eigenvalue weighted by Crippen LogP contribution is -2.25. The highest BCUT2D eigenvalue weighted by Crippen LogP contribution is 2.40. The normalized spacial score (nSPS) is 26.8. The van der Waals surface area contributed by atoms with Crippen LogP contribution in [0.3, 0.4) is 0 Å². The summed E-state index contributed by atoms with van der Waals surface area (Å²) in [6.07, 6.45) is 17.9. The van der Waals surface area contributed by atoms with Crippen LogP contribution in [0.5, 0.6) is 0 Å². The molecule has 0 aromatic heterocycles. The average Bonchev–Trinajstić information content (AvgIpc) is 2.56. The van der Waals surface area contributed by atoms with E-state index in [0.717, 1.165) is 18.3 Å². The molecule has 0 atom stereocenters. The number of hydrogen-bond acceptors (Lipinski definition) is 2. The highest BCUT2D eigenvalue weighted by molar-refractivity contribution is 5.69. The van der Waals surface area contributed by atoms with Gasteiger partial charge in [0.05, 0.1) is 6.61 Å². The smallest absolute Gasteiger partial charge is 0.306 e. The van der Waals surface area contributed by atoms with Crippen molar-refractivity contribution in [3.05, 3.63) is 0 Å². The fraction of sp³-hybridized carbons (Fsp3) is 0.950. The van der Waals surface area contributed by atoms with Crippen LogP contribution in [0.15, 0.2) is 0 Å². The topological polar surface area (TPSA) is 26.3 Å². The molecule has 2 saturated carbocycles. The molecule has 0 aliphatic heterocycles. The number of hydrogen-bond donors (Lipinski definition) is 0. The minimum Gasteiger partial charge on any atom is -0.466 e. The third-order valence-electron chi connectivity index (χ3n) is 5.92. The van der Waals surface area contributed by atoms with Gasteiger partial charge in [0.2, 0.25) is 0 Å². The Hall–Kier alpha value is -0.530. The first-order valence-corrected chi connectivity index (χ1v) is 9.95. The highest BCUT2D eigenvalue weighted by atomic mass is 16.5. The van der Waals surface area contributed by atoms with Crippen molar-refractivity contribution in [2.45, 2.75) is 96.8 Å². The lowest BCUT2D eigenvalue weighted by molar-refractivity contribution is -0.145. The first-order chi connectivity index (χ1) is 10.8. The maximum absolute atomic E-state index is 11.9. The Balaban J connectivity index is 1.55. The predicted molar refractivity (Wildman–Crippen MR) is 91.7 cm³/mol. The van der Waals surface area contributed by atoms with Crippen LogP contribution in [-0.2, 0) is 9.53 Å². The molecule has 2 heteroatoms. The first-order valence-electron chi connectivity index (χ1n) is 9.95. The van der Waals surface area contributed by atoms with Gasteiger partial charge < -0.3 is 4.74 Å². The molecule has 0 amide bonds. The van der Waals surface area contributed by atoms with Gasteiger partial charge >= 0.3 is 5.97 Å². The summed E-state index contributed by atoms with van der Waals surface area (Å²) in [5, 5.41) is 0. The van der Waals surface area contributed by atoms with E-state index in [-0.39, 0.29) is 5.97 Å². The van der Waals surface area contributed by atoms with Crippen molar-refractivity contribution in [1.82, 2.24) is 0 Å². The Kier molecular flexibility index (Phi) is 8.33. The van der Waals surface area contributed by atoms with E-state index in [1.165, 1.54) is 77.0 Å². The Morgan fingerprint density at radius 3 is 2.23 bits per heavy atom. The molecule has 0 radical (unpaired) electrons. The van der Waals surface area contributed by atoms with Crippen molar-refractivity contribution in [3.8, 4) is 0 Å². The van der Waals surface area contributed by atoms with E-state index in [0.29, 0.717) is 18.9 Å². The molecule has 0 N–H and O–H groups in total. The van der Waals surface area contributed by atoms with Crippen molar-refractivity contribution in [2.75, 3.05) is 6.61 Å². The fourth-order valence-electron chi connectivity index (χ4n) is 4.48. The summed E-state index contributed by atoms with van der Waals surface area (Å²) in [7, 11) is 0. The van der Waals surface area contributed by atoms with Gasteiger partial charge in [-0.25, -0.2) is 0 Å². The summed E-state index contributed by atoms with van der Waals surface area (Å²) >= 11 is 0. The third kappa shape index (κ3) is 6.30. The molecule has 0 aromatic carbocycles. The van der Waals surface area contributed by atoms with Crippen molar-refractivity contribution >= 4 is 5.97 Å². The SMILES string of the molecule is CCCCCCOC(=O)CC1CCC(C2CCCCC2)CC1. The summed E-state index contributed by atoms with van der Waals surface area (Å²) in [6, 6.07) is 0. The molecule has 2 fully saturated rings. The van der Waals surface area contributed by atoms with E-state index in [1.807, 2.05) is 0 Å². The number of carbonyl (C=O) groups is 1. The van der Waals surface area contributed by atoms with Gasteiger partial charge in [0.15, 0.2) is 0 Å². The van der Waals surface area contributed by atoms with Crippen LogP contribution in [0.25, 0.3) is 0 Å². The molecule has 0 unspecified atom stereocenters. The average molecular weight is 309 g/mol. The number of esters is 1. The second-order valence-electron chi connectivity index (χ2n) is 7.66. The van der Waals surface area contributed by atoms with Crippen LogP contribution in [0, 0.1) is 17.8 Å². The quantitative estimate of drug-likeness (QED) is 0.413. The molecule has 0 heterocycles. The Morgan fingerprint density at radius 1 is 0.864 bits per heavy atom. The summed E-state index contributed by atoms with van der Waals surface area (Å²) in [6.45, 7) is 2.84. The standard InChI is InChI=1S/C20H36O2/c1-2-3-4-8-15-22-20(21)16-17-11-13-19(14-12-17)18-9-6-5-7-10-18/h17-19H,2-16H2,1H3. The minimum atomic E-state index is 0.0533. The van der Waals surface area contributed by atoms with E-state index >= 15 is 0 Å². The number of unbranched alkanes of at least 4 members (excludes halogenated alkanes) is 3. The molecule has 2 aliphatic rings. The Bertz CT molecular complexity index is 299. The van der Waals surface area contributed by atoms with Crippen molar-refractivity contribution < 1.29 is 9.53 Å². The molecule has 0 aromatic rings. The summed E-state index contributed by atoms with van der Waals surface area (Å²) in [4.78, 5) is 11.9. The summed E-state index contributed by atoms with van der Waals surface area (Å²) in [5.74, 6) is 2.61. The molecular weight excluding hydrogens is 272 g/mol. The second kappa shape index (κ2) is 10.3. The van der Waals surface area contributed by atoms with E-state index in [2.05, 4.69) is 6.92 Å². The van der Waals surface area contributed by atoms with Crippen LogP contribution in [0.1, 0.15) is 96.8 Å². The summed E-state index contributed by atoms with van der Waals surface area (Å²) in [5.41, 5.74) is 0.